The molecule has 2 heterocycles. The van der Waals surface area contributed by atoms with Crippen molar-refractivity contribution in [2.24, 2.45) is 0 Å². The molecule has 130 valence electrons. The Morgan fingerprint density at radius 3 is 2.92 bits per heavy atom. The largest absolute Gasteiger partial charge is 0.444 e. The summed E-state index contributed by atoms with van der Waals surface area (Å²) >= 11 is 0. The number of aromatic nitrogens is 4. The van der Waals surface area contributed by atoms with E-state index in [9.17, 15) is 4.79 Å². The molecule has 0 spiro atoms. The number of hydrogen-bond donors (Lipinski definition) is 1. The van der Waals surface area contributed by atoms with Gasteiger partial charge in [-0.1, -0.05) is 17.3 Å². The summed E-state index contributed by atoms with van der Waals surface area (Å²) in [6.07, 6.45) is 4.66. The van der Waals surface area contributed by atoms with Crippen molar-refractivity contribution in [1.82, 2.24) is 19.7 Å². The van der Waals surface area contributed by atoms with Crippen LogP contribution in [0, 0.1) is 0 Å². The molecule has 0 saturated carbocycles. The van der Waals surface area contributed by atoms with Crippen molar-refractivity contribution >= 4 is 11.8 Å². The molecule has 0 aliphatic rings. The van der Waals surface area contributed by atoms with E-state index in [4.69, 9.17) is 9.26 Å². The lowest BCUT2D eigenvalue weighted by Gasteiger charge is -2.19. The highest BCUT2D eigenvalue weighted by Crippen LogP contribution is 2.21. The summed E-state index contributed by atoms with van der Waals surface area (Å²) in [7, 11) is 0. The SMILES string of the molecule is CC(C)(C)OC(=O)Nc1cccc(-c2noc(Cn3ccnc3)n2)c1. The number of carbonyl (C=O) groups excluding carboxylic acids is 1. The van der Waals surface area contributed by atoms with Crippen LogP contribution in [0.2, 0.25) is 0 Å². The molecule has 1 amide bonds. The monoisotopic (exact) mass is 341 g/mol. The lowest BCUT2D eigenvalue weighted by atomic mass is 10.2. The van der Waals surface area contributed by atoms with Crippen LogP contribution in [0.4, 0.5) is 10.5 Å². The number of rotatable bonds is 4. The minimum Gasteiger partial charge on any atom is -0.444 e. The normalized spacial score (nSPS) is 11.3. The molecule has 0 bridgehead atoms. The van der Waals surface area contributed by atoms with Gasteiger partial charge in [0.25, 0.3) is 0 Å². The maximum absolute atomic E-state index is 11.9. The van der Waals surface area contributed by atoms with Crippen LogP contribution in [0.1, 0.15) is 26.7 Å². The number of nitrogens with zero attached hydrogens (tertiary/aromatic N) is 4. The summed E-state index contributed by atoms with van der Waals surface area (Å²) in [5, 5.41) is 6.67. The highest BCUT2D eigenvalue weighted by atomic mass is 16.6. The minimum atomic E-state index is -0.558. The van der Waals surface area contributed by atoms with E-state index in [1.165, 1.54) is 0 Å². The smallest absolute Gasteiger partial charge is 0.412 e. The molecule has 0 atom stereocenters. The lowest BCUT2D eigenvalue weighted by molar-refractivity contribution is 0.0636. The number of ether oxygens (including phenoxy) is 1. The van der Waals surface area contributed by atoms with E-state index in [1.807, 2.05) is 37.6 Å². The van der Waals surface area contributed by atoms with E-state index in [-0.39, 0.29) is 0 Å². The molecule has 1 aromatic carbocycles. The van der Waals surface area contributed by atoms with Gasteiger partial charge in [-0.2, -0.15) is 4.98 Å². The summed E-state index contributed by atoms with van der Waals surface area (Å²) in [5.41, 5.74) is 0.763. The maximum Gasteiger partial charge on any atom is 0.412 e. The van der Waals surface area contributed by atoms with Crippen molar-refractivity contribution < 1.29 is 14.1 Å². The Kier molecular flexibility index (Phi) is 4.51. The van der Waals surface area contributed by atoms with Crippen LogP contribution >= 0.6 is 0 Å². The molecule has 0 unspecified atom stereocenters. The van der Waals surface area contributed by atoms with E-state index in [0.29, 0.717) is 23.9 Å². The molecular weight excluding hydrogens is 322 g/mol. The number of carbonyl (C=O) groups is 1. The zero-order chi connectivity index (χ0) is 17.9. The quantitative estimate of drug-likeness (QED) is 0.782. The van der Waals surface area contributed by atoms with Crippen LogP contribution in [0.15, 0.2) is 47.5 Å². The molecule has 0 aliphatic heterocycles. The zero-order valence-corrected chi connectivity index (χ0v) is 14.3. The Morgan fingerprint density at radius 1 is 1.36 bits per heavy atom. The number of hydrogen-bond acceptors (Lipinski definition) is 6. The molecule has 2 aromatic heterocycles. The van der Waals surface area contributed by atoms with Crippen LogP contribution < -0.4 is 5.32 Å². The fourth-order valence-electron chi connectivity index (χ4n) is 2.13. The molecule has 3 aromatic rings. The van der Waals surface area contributed by atoms with E-state index < -0.39 is 11.7 Å². The van der Waals surface area contributed by atoms with Crippen molar-refractivity contribution in [2.45, 2.75) is 32.9 Å². The number of benzene rings is 1. The van der Waals surface area contributed by atoms with Crippen molar-refractivity contribution in [2.75, 3.05) is 5.32 Å². The average Bonchev–Trinajstić information content (AvgIpc) is 3.18. The summed E-state index contributed by atoms with van der Waals surface area (Å²) in [4.78, 5) is 20.2. The van der Waals surface area contributed by atoms with Gasteiger partial charge >= 0.3 is 6.09 Å². The first kappa shape index (κ1) is 16.7. The fraction of sp³-hybridized carbons (Fsp3) is 0.294. The van der Waals surface area contributed by atoms with Gasteiger partial charge < -0.3 is 13.8 Å². The van der Waals surface area contributed by atoms with Crippen molar-refractivity contribution in [1.29, 1.82) is 0 Å². The summed E-state index contributed by atoms with van der Waals surface area (Å²) in [6.45, 7) is 5.88. The fourth-order valence-corrected chi connectivity index (χ4v) is 2.13. The Balaban J connectivity index is 1.71. The number of nitrogens with one attached hydrogen (secondary N) is 1. The maximum atomic E-state index is 11.9. The van der Waals surface area contributed by atoms with Crippen molar-refractivity contribution in [3.8, 4) is 11.4 Å². The molecule has 0 aliphatic carbocycles. The predicted molar refractivity (Wildman–Crippen MR) is 90.9 cm³/mol. The first-order valence-corrected chi connectivity index (χ1v) is 7.78. The molecule has 0 radical (unpaired) electrons. The summed E-state index contributed by atoms with van der Waals surface area (Å²) in [5.74, 6) is 0.918. The van der Waals surface area contributed by atoms with E-state index in [1.54, 1.807) is 30.7 Å². The third-order valence-electron chi connectivity index (χ3n) is 3.11. The second-order valence-electron chi connectivity index (χ2n) is 6.45. The van der Waals surface area contributed by atoms with Crippen molar-refractivity contribution in [3.05, 3.63) is 48.9 Å². The molecule has 8 heteroatoms. The first-order chi connectivity index (χ1) is 11.9. The Labute approximate surface area is 144 Å². The number of amides is 1. The van der Waals surface area contributed by atoms with Gasteiger partial charge in [0.05, 0.1) is 6.33 Å². The second kappa shape index (κ2) is 6.76. The molecule has 3 rings (SSSR count). The van der Waals surface area contributed by atoms with Crippen LogP contribution in [0.5, 0.6) is 0 Å². The van der Waals surface area contributed by atoms with E-state index in [0.717, 1.165) is 5.56 Å². The van der Waals surface area contributed by atoms with E-state index in [2.05, 4.69) is 20.4 Å². The third kappa shape index (κ3) is 4.66. The Hall–Kier alpha value is -3.16. The van der Waals surface area contributed by atoms with Crippen LogP contribution in [0.25, 0.3) is 11.4 Å². The zero-order valence-electron chi connectivity index (χ0n) is 14.3. The average molecular weight is 341 g/mol. The second-order valence-corrected chi connectivity index (χ2v) is 6.45. The highest BCUT2D eigenvalue weighted by molar-refractivity contribution is 5.85. The standard InChI is InChI=1S/C17H19N5O3/c1-17(2,3)24-16(23)19-13-6-4-5-12(9-13)15-20-14(25-21-15)10-22-8-7-18-11-22/h4-9,11H,10H2,1-3H3,(H,19,23). The Bertz CT molecular complexity index is 849. The lowest BCUT2D eigenvalue weighted by Crippen LogP contribution is -2.27. The van der Waals surface area contributed by atoms with Gasteiger partial charge in [-0.15, -0.1) is 0 Å². The van der Waals surface area contributed by atoms with Gasteiger partial charge in [0.15, 0.2) is 0 Å². The first-order valence-electron chi connectivity index (χ1n) is 7.78. The molecule has 0 fully saturated rings. The molecule has 1 N–H and O–H groups in total. The van der Waals surface area contributed by atoms with Crippen molar-refractivity contribution in [3.63, 3.8) is 0 Å². The van der Waals surface area contributed by atoms with Gasteiger partial charge in [-0.25, -0.2) is 9.78 Å². The number of anilines is 1. The highest BCUT2D eigenvalue weighted by Gasteiger charge is 2.16. The van der Waals surface area contributed by atoms with Crippen LogP contribution in [-0.2, 0) is 11.3 Å². The van der Waals surface area contributed by atoms with E-state index >= 15 is 0 Å². The topological polar surface area (TPSA) is 95.1 Å². The van der Waals surface area contributed by atoms with Gasteiger partial charge in [-0.05, 0) is 32.9 Å². The summed E-state index contributed by atoms with van der Waals surface area (Å²) < 4.78 is 12.3. The number of imidazole rings is 1. The molecular formula is C17H19N5O3. The minimum absolute atomic E-state index is 0.447. The molecule has 0 saturated heterocycles. The third-order valence-corrected chi connectivity index (χ3v) is 3.11. The molecule has 8 nitrogen and oxygen atoms in total. The van der Waals surface area contributed by atoms with Gasteiger partial charge in [0.2, 0.25) is 11.7 Å². The predicted octanol–water partition coefficient (Wildman–Crippen LogP) is 3.33. The Morgan fingerprint density at radius 2 is 2.20 bits per heavy atom. The summed E-state index contributed by atoms with van der Waals surface area (Å²) in [6, 6.07) is 7.16. The molecule has 25 heavy (non-hydrogen) atoms. The van der Waals surface area contributed by atoms with Crippen LogP contribution in [-0.4, -0.2) is 31.4 Å². The van der Waals surface area contributed by atoms with Gasteiger partial charge in [-0.3, -0.25) is 5.32 Å². The van der Waals surface area contributed by atoms with Gasteiger partial charge in [0, 0.05) is 23.6 Å². The van der Waals surface area contributed by atoms with Gasteiger partial charge in [0.1, 0.15) is 12.1 Å². The van der Waals surface area contributed by atoms with Crippen LogP contribution in [0.3, 0.4) is 0 Å².